The third-order valence-electron chi connectivity index (χ3n) is 3.70. The molecule has 0 saturated carbocycles. The fourth-order valence-electron chi connectivity index (χ4n) is 2.91. The van der Waals surface area contributed by atoms with E-state index >= 15 is 0 Å². The molecule has 0 rings (SSSR count). The molecule has 0 aliphatic heterocycles. The maximum absolute atomic E-state index is 6.02. The molecule has 0 aromatic rings. The van der Waals surface area contributed by atoms with Crippen LogP contribution >= 0.6 is 0 Å². The Kier molecular flexibility index (Phi) is 13.2. The SMILES string of the molecule is CCO[Si](CC(C)CN(CC)C(=NC(C)C)NC(C)C)(OCC)OCC. The van der Waals surface area contributed by atoms with Crippen LogP contribution < -0.4 is 5.32 Å². The van der Waals surface area contributed by atoms with Crippen LogP contribution in [0, 0.1) is 5.92 Å². The number of aliphatic imine (C=N–C) groups is 1. The van der Waals surface area contributed by atoms with Crippen LogP contribution in [0.5, 0.6) is 0 Å². The molecular weight excluding hydrogens is 346 g/mol. The van der Waals surface area contributed by atoms with Gasteiger partial charge in [0.2, 0.25) is 0 Å². The van der Waals surface area contributed by atoms with Gasteiger partial charge in [-0.15, -0.1) is 0 Å². The Morgan fingerprint density at radius 2 is 1.42 bits per heavy atom. The molecule has 26 heavy (non-hydrogen) atoms. The summed E-state index contributed by atoms with van der Waals surface area (Å²) < 4.78 is 18.0. The Balaban J connectivity index is 5.21. The van der Waals surface area contributed by atoms with Crippen LogP contribution in [-0.2, 0) is 13.3 Å². The molecule has 156 valence electrons. The van der Waals surface area contributed by atoms with E-state index in [1.165, 1.54) is 0 Å². The van der Waals surface area contributed by atoms with Crippen molar-refractivity contribution in [1.82, 2.24) is 10.2 Å². The lowest BCUT2D eigenvalue weighted by Crippen LogP contribution is -2.50. The second-order valence-electron chi connectivity index (χ2n) is 7.18. The van der Waals surface area contributed by atoms with E-state index in [0.717, 1.165) is 25.1 Å². The summed E-state index contributed by atoms with van der Waals surface area (Å²) in [6.45, 7) is 22.6. The van der Waals surface area contributed by atoms with E-state index in [4.69, 9.17) is 18.3 Å². The highest BCUT2D eigenvalue weighted by Crippen LogP contribution is 2.22. The Morgan fingerprint density at radius 3 is 1.77 bits per heavy atom. The van der Waals surface area contributed by atoms with Gasteiger partial charge in [0, 0.05) is 51.0 Å². The smallest absolute Gasteiger partial charge is 0.374 e. The quantitative estimate of drug-likeness (QED) is 0.295. The first-order valence-electron chi connectivity index (χ1n) is 10.2. The van der Waals surface area contributed by atoms with Crippen LogP contribution in [0.3, 0.4) is 0 Å². The van der Waals surface area contributed by atoms with Gasteiger partial charge in [-0.1, -0.05) is 6.92 Å². The van der Waals surface area contributed by atoms with Crippen LogP contribution in [0.1, 0.15) is 62.3 Å². The molecule has 1 unspecified atom stereocenters. The number of rotatable bonds is 13. The normalized spacial score (nSPS) is 14.2. The van der Waals surface area contributed by atoms with Crippen LogP contribution in [0.15, 0.2) is 4.99 Å². The minimum absolute atomic E-state index is 0.254. The van der Waals surface area contributed by atoms with Crippen LogP contribution in [0.4, 0.5) is 0 Å². The van der Waals surface area contributed by atoms with Gasteiger partial charge in [0.05, 0.1) is 0 Å². The second kappa shape index (κ2) is 13.5. The summed E-state index contributed by atoms with van der Waals surface area (Å²) in [4.78, 5) is 7.11. The number of hydrogen-bond acceptors (Lipinski definition) is 4. The molecule has 0 radical (unpaired) electrons. The molecule has 0 aromatic heterocycles. The fraction of sp³-hybridized carbons (Fsp3) is 0.947. The first-order chi connectivity index (χ1) is 12.2. The number of guanidine groups is 1. The average molecular weight is 390 g/mol. The first kappa shape index (κ1) is 25.4. The zero-order valence-corrected chi connectivity index (χ0v) is 19.6. The summed E-state index contributed by atoms with van der Waals surface area (Å²) >= 11 is 0. The Labute approximate surface area is 163 Å². The Bertz CT molecular complexity index is 375. The minimum Gasteiger partial charge on any atom is -0.374 e. The van der Waals surface area contributed by atoms with Crippen LogP contribution in [0.2, 0.25) is 6.04 Å². The topological polar surface area (TPSA) is 55.3 Å². The van der Waals surface area contributed by atoms with Crippen molar-refractivity contribution in [3.63, 3.8) is 0 Å². The molecule has 0 fully saturated rings. The number of hydrogen-bond donors (Lipinski definition) is 1. The maximum Gasteiger partial charge on any atom is 0.501 e. The molecule has 0 aliphatic rings. The van der Waals surface area contributed by atoms with Crippen LogP contribution in [-0.4, -0.2) is 64.7 Å². The summed E-state index contributed by atoms with van der Waals surface area (Å²) in [6, 6.07) is 1.42. The van der Waals surface area contributed by atoms with Crippen molar-refractivity contribution in [1.29, 1.82) is 0 Å². The summed E-state index contributed by atoms with van der Waals surface area (Å²) in [7, 11) is -2.62. The van der Waals surface area contributed by atoms with Crippen molar-refractivity contribution in [2.45, 2.75) is 80.4 Å². The molecule has 0 aliphatic carbocycles. The standard InChI is InChI=1S/C19H43N3O3Si/c1-10-22(19(20-16(5)6)21-17(7)8)14-18(9)15-26(23-11-2,24-12-3)25-13-4/h16-18H,10-15H2,1-9H3,(H,20,21). The zero-order chi connectivity index (χ0) is 20.2. The van der Waals surface area contributed by atoms with Gasteiger partial charge in [0.25, 0.3) is 0 Å². The third kappa shape index (κ3) is 9.90. The molecule has 1 N–H and O–H groups in total. The largest absolute Gasteiger partial charge is 0.501 e. The fourth-order valence-corrected chi connectivity index (χ4v) is 5.81. The minimum atomic E-state index is -2.62. The van der Waals surface area contributed by atoms with E-state index in [2.05, 4.69) is 51.8 Å². The van der Waals surface area contributed by atoms with Gasteiger partial charge < -0.3 is 23.5 Å². The van der Waals surface area contributed by atoms with E-state index in [-0.39, 0.29) is 6.04 Å². The van der Waals surface area contributed by atoms with Gasteiger partial charge in [0.1, 0.15) is 0 Å². The molecule has 0 bridgehead atoms. The summed E-state index contributed by atoms with van der Waals surface area (Å²) in [5.41, 5.74) is 0. The lowest BCUT2D eigenvalue weighted by Gasteiger charge is -2.34. The highest BCUT2D eigenvalue weighted by atomic mass is 28.4. The van der Waals surface area contributed by atoms with Gasteiger partial charge in [-0.2, -0.15) is 0 Å². The lowest BCUT2D eigenvalue weighted by atomic mass is 10.2. The molecule has 0 aromatic carbocycles. The average Bonchev–Trinajstić information content (AvgIpc) is 2.51. The predicted molar refractivity (Wildman–Crippen MR) is 113 cm³/mol. The molecule has 0 spiro atoms. The van der Waals surface area contributed by atoms with E-state index in [1.54, 1.807) is 0 Å². The second-order valence-corrected chi connectivity index (χ2v) is 9.82. The van der Waals surface area contributed by atoms with Crippen LogP contribution in [0.25, 0.3) is 0 Å². The van der Waals surface area contributed by atoms with E-state index in [9.17, 15) is 0 Å². The van der Waals surface area contributed by atoms with Crippen molar-refractivity contribution < 1.29 is 13.3 Å². The lowest BCUT2D eigenvalue weighted by molar-refractivity contribution is 0.0667. The maximum atomic E-state index is 6.02. The highest BCUT2D eigenvalue weighted by molar-refractivity contribution is 6.60. The number of nitrogens with one attached hydrogen (secondary N) is 1. The monoisotopic (exact) mass is 389 g/mol. The van der Waals surface area contributed by atoms with E-state index < -0.39 is 8.80 Å². The third-order valence-corrected chi connectivity index (χ3v) is 7.09. The van der Waals surface area contributed by atoms with Crippen molar-refractivity contribution >= 4 is 14.8 Å². The van der Waals surface area contributed by atoms with E-state index in [0.29, 0.717) is 31.8 Å². The molecular formula is C19H43N3O3Si. The molecule has 1 atom stereocenters. The predicted octanol–water partition coefficient (Wildman–Crippen LogP) is 3.76. The van der Waals surface area contributed by atoms with Gasteiger partial charge in [-0.3, -0.25) is 4.99 Å². The number of nitrogens with zero attached hydrogens (tertiary/aromatic N) is 2. The molecule has 0 heterocycles. The van der Waals surface area contributed by atoms with Crippen molar-refractivity contribution in [2.24, 2.45) is 10.9 Å². The summed E-state index contributed by atoms with van der Waals surface area (Å²) in [5.74, 6) is 1.35. The zero-order valence-electron chi connectivity index (χ0n) is 18.6. The Morgan fingerprint density at radius 1 is 0.923 bits per heavy atom. The molecule has 0 saturated heterocycles. The van der Waals surface area contributed by atoms with Gasteiger partial charge >= 0.3 is 8.80 Å². The highest BCUT2D eigenvalue weighted by Gasteiger charge is 2.42. The van der Waals surface area contributed by atoms with Gasteiger partial charge in [0.15, 0.2) is 5.96 Å². The van der Waals surface area contributed by atoms with Crippen molar-refractivity contribution in [3.05, 3.63) is 0 Å². The van der Waals surface area contributed by atoms with Gasteiger partial charge in [-0.05, 0) is 61.3 Å². The van der Waals surface area contributed by atoms with Crippen molar-refractivity contribution in [3.8, 4) is 0 Å². The van der Waals surface area contributed by atoms with E-state index in [1.807, 2.05) is 20.8 Å². The summed E-state index contributed by atoms with van der Waals surface area (Å²) in [6.07, 6.45) is 0. The first-order valence-corrected chi connectivity index (χ1v) is 12.2. The Hall–Kier alpha value is -0.633. The molecule has 7 heteroatoms. The summed E-state index contributed by atoms with van der Waals surface area (Å²) in [5, 5.41) is 3.50. The van der Waals surface area contributed by atoms with Gasteiger partial charge in [-0.25, -0.2) is 0 Å². The molecule has 6 nitrogen and oxygen atoms in total. The van der Waals surface area contributed by atoms with Crippen molar-refractivity contribution in [2.75, 3.05) is 32.9 Å². The molecule has 0 amide bonds.